The molecule has 0 bridgehead atoms. The molecule has 0 unspecified atom stereocenters. The molecule has 2 aromatic rings. The van der Waals surface area contributed by atoms with Crippen LogP contribution in [-0.4, -0.2) is 27.6 Å². The molecule has 0 atom stereocenters. The molecule has 106 valence electrons. The molecule has 1 heterocycles. The van der Waals surface area contributed by atoms with Gasteiger partial charge in [0.15, 0.2) is 5.16 Å². The molecule has 1 aromatic heterocycles. The topological polar surface area (TPSA) is 39.9 Å². The van der Waals surface area contributed by atoms with Crippen LogP contribution in [0.15, 0.2) is 42.1 Å². The van der Waals surface area contributed by atoms with Crippen LogP contribution in [0.1, 0.15) is 11.4 Å². The highest BCUT2D eigenvalue weighted by Crippen LogP contribution is 2.19. The number of hydrogen-bond donors (Lipinski definition) is 0. The highest BCUT2D eigenvalue weighted by molar-refractivity contribution is 7.99. The van der Waals surface area contributed by atoms with Crippen molar-refractivity contribution in [1.82, 2.24) is 14.8 Å². The fourth-order valence-corrected chi connectivity index (χ4v) is 2.84. The number of thioether (sulfide) groups is 1. The Hall–Kier alpha value is -1.75. The van der Waals surface area contributed by atoms with Gasteiger partial charge >= 0.3 is 0 Å². The van der Waals surface area contributed by atoms with E-state index in [1.54, 1.807) is 18.9 Å². The van der Waals surface area contributed by atoms with Crippen LogP contribution in [0, 0.1) is 6.92 Å². The number of hydrogen-bond acceptors (Lipinski definition) is 4. The summed E-state index contributed by atoms with van der Waals surface area (Å²) in [5.74, 6) is 2.79. The maximum Gasteiger partial charge on any atom is 0.191 e. The highest BCUT2D eigenvalue weighted by Gasteiger charge is 2.07. The molecule has 4 nitrogen and oxygen atoms in total. The Morgan fingerprint density at radius 2 is 2.05 bits per heavy atom. The zero-order valence-corrected chi connectivity index (χ0v) is 12.7. The van der Waals surface area contributed by atoms with Gasteiger partial charge in [-0.25, -0.2) is 0 Å². The smallest absolute Gasteiger partial charge is 0.191 e. The molecule has 0 saturated heterocycles. The summed E-state index contributed by atoms with van der Waals surface area (Å²) in [6.45, 7) is 6.48. The number of rotatable bonds is 7. The Kier molecular flexibility index (Phi) is 5.24. The fourth-order valence-electron chi connectivity index (χ4n) is 1.86. The number of allylic oxidation sites excluding steroid dienone is 1. The largest absolute Gasteiger partial charge is 0.497 e. The number of methoxy groups -OCH3 is 1. The minimum absolute atomic E-state index is 0.754. The summed E-state index contributed by atoms with van der Waals surface area (Å²) in [6, 6.07) is 8.17. The summed E-state index contributed by atoms with van der Waals surface area (Å²) in [7, 11) is 1.68. The maximum absolute atomic E-state index is 5.15. The molecule has 0 radical (unpaired) electrons. The third-order valence-electron chi connectivity index (χ3n) is 2.99. The lowest BCUT2D eigenvalue weighted by atomic mass is 10.2. The fraction of sp³-hybridized carbons (Fsp3) is 0.333. The highest BCUT2D eigenvalue weighted by atomic mass is 32.2. The lowest BCUT2D eigenvalue weighted by molar-refractivity contribution is 0.414. The molecule has 0 amide bonds. The van der Waals surface area contributed by atoms with Gasteiger partial charge in [0.05, 0.1) is 7.11 Å². The second-order valence-electron chi connectivity index (χ2n) is 4.38. The molecule has 1 aromatic carbocycles. The van der Waals surface area contributed by atoms with Crippen LogP contribution in [0.25, 0.3) is 0 Å². The van der Waals surface area contributed by atoms with Crippen LogP contribution >= 0.6 is 11.8 Å². The summed E-state index contributed by atoms with van der Waals surface area (Å²) >= 11 is 1.72. The normalized spacial score (nSPS) is 10.5. The molecule has 0 aliphatic rings. The van der Waals surface area contributed by atoms with E-state index in [2.05, 4.69) is 33.5 Å². The molecular formula is C15H19N3OS. The van der Waals surface area contributed by atoms with Gasteiger partial charge in [0, 0.05) is 12.3 Å². The summed E-state index contributed by atoms with van der Waals surface area (Å²) in [5.41, 5.74) is 1.30. The summed E-state index contributed by atoms with van der Waals surface area (Å²) in [5, 5.41) is 9.27. The van der Waals surface area contributed by atoms with E-state index in [0.717, 1.165) is 35.4 Å². The molecule has 0 aliphatic heterocycles. The summed E-state index contributed by atoms with van der Waals surface area (Å²) in [4.78, 5) is 0. The minimum Gasteiger partial charge on any atom is -0.497 e. The molecule has 20 heavy (non-hydrogen) atoms. The number of benzene rings is 1. The van der Waals surface area contributed by atoms with Crippen molar-refractivity contribution in [2.45, 2.75) is 25.0 Å². The first-order valence-corrected chi connectivity index (χ1v) is 7.49. The first kappa shape index (κ1) is 14.7. The SMILES string of the molecule is C=CCn1c(C)nnc1SCCc1ccc(OC)cc1. The van der Waals surface area contributed by atoms with E-state index in [9.17, 15) is 0 Å². The van der Waals surface area contributed by atoms with Gasteiger partial charge in [0.1, 0.15) is 11.6 Å². The van der Waals surface area contributed by atoms with Crippen molar-refractivity contribution in [2.75, 3.05) is 12.9 Å². The van der Waals surface area contributed by atoms with Crippen molar-refractivity contribution in [3.05, 3.63) is 48.3 Å². The van der Waals surface area contributed by atoms with Gasteiger partial charge in [-0.1, -0.05) is 30.0 Å². The van der Waals surface area contributed by atoms with Gasteiger partial charge in [-0.3, -0.25) is 0 Å². The van der Waals surface area contributed by atoms with Crippen molar-refractivity contribution in [1.29, 1.82) is 0 Å². The lowest BCUT2D eigenvalue weighted by Gasteiger charge is -2.06. The second kappa shape index (κ2) is 7.14. The quantitative estimate of drug-likeness (QED) is 0.580. The van der Waals surface area contributed by atoms with Gasteiger partial charge in [-0.05, 0) is 31.0 Å². The minimum atomic E-state index is 0.754. The molecule has 5 heteroatoms. The summed E-state index contributed by atoms with van der Waals surface area (Å²) in [6.07, 6.45) is 2.86. The molecule has 0 N–H and O–H groups in total. The van der Waals surface area contributed by atoms with Crippen LogP contribution in [0.4, 0.5) is 0 Å². The van der Waals surface area contributed by atoms with Gasteiger partial charge in [-0.15, -0.1) is 16.8 Å². The van der Waals surface area contributed by atoms with Crippen LogP contribution in [0.2, 0.25) is 0 Å². The first-order valence-electron chi connectivity index (χ1n) is 6.51. The molecule has 0 saturated carbocycles. The predicted octanol–water partition coefficient (Wildman–Crippen LogP) is 3.12. The van der Waals surface area contributed by atoms with E-state index in [0.29, 0.717) is 0 Å². The zero-order valence-electron chi connectivity index (χ0n) is 11.9. The van der Waals surface area contributed by atoms with E-state index in [-0.39, 0.29) is 0 Å². The average Bonchev–Trinajstić information content (AvgIpc) is 2.82. The number of ether oxygens (including phenoxy) is 1. The standard InChI is InChI=1S/C15H19N3OS/c1-4-10-18-12(2)16-17-15(18)20-11-9-13-5-7-14(19-3)8-6-13/h4-8H,1,9-11H2,2-3H3. The van der Waals surface area contributed by atoms with Crippen molar-refractivity contribution in [3.8, 4) is 5.75 Å². The number of aryl methyl sites for hydroxylation is 2. The Bertz CT molecular complexity index is 563. The van der Waals surface area contributed by atoms with Crippen molar-refractivity contribution >= 4 is 11.8 Å². The van der Waals surface area contributed by atoms with Gasteiger partial charge in [0.2, 0.25) is 0 Å². The molecule has 0 aliphatic carbocycles. The third-order valence-corrected chi connectivity index (χ3v) is 3.96. The zero-order chi connectivity index (χ0) is 14.4. The monoisotopic (exact) mass is 289 g/mol. The van der Waals surface area contributed by atoms with Crippen molar-refractivity contribution in [2.24, 2.45) is 0 Å². The van der Waals surface area contributed by atoms with Gasteiger partial charge in [0.25, 0.3) is 0 Å². The van der Waals surface area contributed by atoms with Crippen molar-refractivity contribution in [3.63, 3.8) is 0 Å². The van der Waals surface area contributed by atoms with Crippen LogP contribution < -0.4 is 4.74 Å². The van der Waals surface area contributed by atoms with E-state index < -0.39 is 0 Å². The van der Waals surface area contributed by atoms with E-state index in [4.69, 9.17) is 4.74 Å². The van der Waals surface area contributed by atoms with E-state index >= 15 is 0 Å². The Balaban J connectivity index is 1.90. The van der Waals surface area contributed by atoms with Crippen LogP contribution in [-0.2, 0) is 13.0 Å². The predicted molar refractivity (Wildman–Crippen MR) is 82.4 cm³/mol. The molecule has 0 spiro atoms. The second-order valence-corrected chi connectivity index (χ2v) is 5.44. The average molecular weight is 289 g/mol. The van der Waals surface area contributed by atoms with Crippen LogP contribution in [0.5, 0.6) is 5.75 Å². The Morgan fingerprint density at radius 3 is 2.70 bits per heavy atom. The number of nitrogens with zero attached hydrogens (tertiary/aromatic N) is 3. The van der Waals surface area contributed by atoms with Crippen molar-refractivity contribution < 1.29 is 4.74 Å². The summed E-state index contributed by atoms with van der Waals surface area (Å²) < 4.78 is 7.23. The molecule has 2 rings (SSSR count). The van der Waals surface area contributed by atoms with Crippen LogP contribution in [0.3, 0.4) is 0 Å². The van der Waals surface area contributed by atoms with Gasteiger partial charge < -0.3 is 9.30 Å². The Labute approximate surface area is 123 Å². The Morgan fingerprint density at radius 1 is 1.30 bits per heavy atom. The third kappa shape index (κ3) is 3.63. The first-order chi connectivity index (χ1) is 9.74. The van der Waals surface area contributed by atoms with E-state index in [1.165, 1.54) is 5.56 Å². The maximum atomic E-state index is 5.15. The van der Waals surface area contributed by atoms with E-state index in [1.807, 2.05) is 25.1 Å². The molecular weight excluding hydrogens is 270 g/mol. The lowest BCUT2D eigenvalue weighted by Crippen LogP contribution is -2.00. The molecule has 0 fully saturated rings. The van der Waals surface area contributed by atoms with Gasteiger partial charge in [-0.2, -0.15) is 0 Å². The number of aromatic nitrogens is 3.